The number of nitrogens with zero attached hydrogens (tertiary/aromatic N) is 2. The number of ketones is 2. The topological polar surface area (TPSA) is 113 Å². The summed E-state index contributed by atoms with van der Waals surface area (Å²) >= 11 is 0. The van der Waals surface area contributed by atoms with Crippen molar-refractivity contribution in [1.29, 1.82) is 0 Å². The second-order valence-corrected chi connectivity index (χ2v) is 10.2. The number of unbranched alkanes of at least 4 members (excludes halogenated alkanes) is 2. The van der Waals surface area contributed by atoms with E-state index in [0.717, 1.165) is 41.1 Å². The average molecular weight is 585 g/mol. The Bertz CT molecular complexity index is 1680. The summed E-state index contributed by atoms with van der Waals surface area (Å²) in [5, 5.41) is 5.53. The van der Waals surface area contributed by atoms with E-state index in [0.29, 0.717) is 36.1 Å². The first-order valence-electron chi connectivity index (χ1n) is 14.6. The van der Waals surface area contributed by atoms with Gasteiger partial charge in [0.15, 0.2) is 5.78 Å². The number of carbonyl (C=O) groups excluding carboxylic acids is 4. The number of fused-ring (bicyclic) bond motifs is 3. The van der Waals surface area contributed by atoms with Crippen LogP contribution in [-0.4, -0.2) is 40.6 Å². The van der Waals surface area contributed by atoms with Crippen LogP contribution in [0.4, 0.5) is 4.79 Å². The highest BCUT2D eigenvalue weighted by Crippen LogP contribution is 2.32. The molecule has 0 fully saturated rings. The molecule has 0 aliphatic heterocycles. The molecule has 0 radical (unpaired) electrons. The van der Waals surface area contributed by atoms with Crippen LogP contribution in [0.5, 0.6) is 5.75 Å². The van der Waals surface area contributed by atoms with Crippen molar-refractivity contribution in [2.45, 2.75) is 66.3 Å². The quantitative estimate of drug-likeness (QED) is 0.0302. The van der Waals surface area contributed by atoms with Crippen molar-refractivity contribution in [2.75, 3.05) is 6.61 Å². The lowest BCUT2D eigenvalue weighted by molar-refractivity contribution is -0.140. The molecule has 0 saturated heterocycles. The van der Waals surface area contributed by atoms with E-state index in [2.05, 4.69) is 16.6 Å². The Labute approximate surface area is 250 Å². The number of benzene rings is 3. The maximum atomic E-state index is 13.5. The number of rotatable bonds is 13. The lowest BCUT2D eigenvalue weighted by Crippen LogP contribution is -2.16. The van der Waals surface area contributed by atoms with Crippen molar-refractivity contribution >= 4 is 51.2 Å². The van der Waals surface area contributed by atoms with Gasteiger partial charge in [-0.1, -0.05) is 31.8 Å². The molecule has 0 spiro atoms. The van der Waals surface area contributed by atoms with Crippen molar-refractivity contribution in [1.82, 2.24) is 4.57 Å². The summed E-state index contributed by atoms with van der Waals surface area (Å²) < 4.78 is 12.2. The molecule has 0 atom stereocenters. The van der Waals surface area contributed by atoms with Crippen LogP contribution >= 0.6 is 0 Å². The van der Waals surface area contributed by atoms with Crippen LogP contribution in [0, 0.1) is 0 Å². The predicted octanol–water partition coefficient (Wildman–Crippen LogP) is 7.65. The SMILES string of the molecule is CCCCC/C(=N\OC(C)=O)C(=O)c1ccc2c(c1)c1cc(C(=O)c3ccc(OC(=O)OCCC)cc3)ccc1n2CC. The number of carbonyl (C=O) groups is 4. The van der Waals surface area contributed by atoms with Gasteiger partial charge < -0.3 is 18.9 Å². The molecule has 0 saturated carbocycles. The van der Waals surface area contributed by atoms with E-state index < -0.39 is 12.1 Å². The van der Waals surface area contributed by atoms with Gasteiger partial charge in [0, 0.05) is 52.0 Å². The van der Waals surface area contributed by atoms with E-state index in [1.807, 2.05) is 38.1 Å². The van der Waals surface area contributed by atoms with Gasteiger partial charge in [-0.25, -0.2) is 9.59 Å². The molecule has 1 heterocycles. The van der Waals surface area contributed by atoms with Crippen LogP contribution in [0.3, 0.4) is 0 Å². The molecule has 3 aromatic carbocycles. The Balaban J connectivity index is 1.67. The highest BCUT2D eigenvalue weighted by atomic mass is 16.7. The molecule has 0 bridgehead atoms. The van der Waals surface area contributed by atoms with Crippen LogP contribution in [-0.2, 0) is 20.9 Å². The number of hydrogen-bond acceptors (Lipinski definition) is 8. The van der Waals surface area contributed by atoms with Crippen LogP contribution < -0.4 is 4.74 Å². The molecule has 1 aromatic heterocycles. The molecule has 9 heteroatoms. The molecule has 0 aliphatic carbocycles. The van der Waals surface area contributed by atoms with E-state index in [4.69, 9.17) is 14.3 Å². The number of Topliss-reactive ketones (excluding diaryl/α,β-unsaturated/α-hetero) is 1. The normalized spacial score (nSPS) is 11.5. The fourth-order valence-corrected chi connectivity index (χ4v) is 4.91. The first kappa shape index (κ1) is 31.2. The standard InChI is InChI=1S/C34H36N2O7/c1-5-8-9-10-29(35-43-22(4)37)33(39)25-14-18-31-28(21-25)27-20-24(13-17-30(27)36(31)7-3)32(38)23-11-15-26(16-12-23)42-34(40)41-19-6-2/h11-18,20-21H,5-10,19H2,1-4H3/b35-29+. The van der Waals surface area contributed by atoms with Crippen LogP contribution in [0.1, 0.15) is 86.1 Å². The lowest BCUT2D eigenvalue weighted by atomic mass is 9.98. The zero-order chi connectivity index (χ0) is 30.9. The maximum absolute atomic E-state index is 13.5. The minimum atomic E-state index is -0.790. The summed E-state index contributed by atoms with van der Waals surface area (Å²) in [6, 6.07) is 17.3. The van der Waals surface area contributed by atoms with Gasteiger partial charge in [-0.15, -0.1) is 0 Å². The Morgan fingerprint density at radius 1 is 0.767 bits per heavy atom. The summed E-state index contributed by atoms with van der Waals surface area (Å²) in [5.74, 6) is -0.804. The lowest BCUT2D eigenvalue weighted by Gasteiger charge is -2.07. The molecule has 224 valence electrons. The number of aromatic nitrogens is 1. The van der Waals surface area contributed by atoms with Gasteiger partial charge in [-0.3, -0.25) is 9.59 Å². The Morgan fingerprint density at radius 2 is 1.40 bits per heavy atom. The van der Waals surface area contributed by atoms with Gasteiger partial charge in [-0.2, -0.15) is 0 Å². The summed E-state index contributed by atoms with van der Waals surface area (Å²) in [6.07, 6.45) is 2.95. The predicted molar refractivity (Wildman–Crippen MR) is 165 cm³/mol. The average Bonchev–Trinajstić information content (AvgIpc) is 3.33. The second-order valence-electron chi connectivity index (χ2n) is 10.2. The van der Waals surface area contributed by atoms with E-state index in [9.17, 15) is 19.2 Å². The second kappa shape index (κ2) is 14.4. The van der Waals surface area contributed by atoms with Crippen molar-refractivity contribution < 1.29 is 33.5 Å². The van der Waals surface area contributed by atoms with Gasteiger partial charge in [0.25, 0.3) is 0 Å². The smallest absolute Gasteiger partial charge is 0.434 e. The minimum Gasteiger partial charge on any atom is -0.434 e. The van der Waals surface area contributed by atoms with Gasteiger partial charge in [0.05, 0.1) is 6.61 Å². The first-order chi connectivity index (χ1) is 20.8. The Hall–Kier alpha value is -4.79. The van der Waals surface area contributed by atoms with Crippen molar-refractivity contribution in [3.05, 3.63) is 77.4 Å². The van der Waals surface area contributed by atoms with Crippen LogP contribution in [0.2, 0.25) is 0 Å². The zero-order valence-corrected chi connectivity index (χ0v) is 25.0. The van der Waals surface area contributed by atoms with Crippen LogP contribution in [0.15, 0.2) is 65.8 Å². The number of oxime groups is 1. The highest BCUT2D eigenvalue weighted by molar-refractivity contribution is 6.46. The Morgan fingerprint density at radius 3 is 2.00 bits per heavy atom. The van der Waals surface area contributed by atoms with E-state index in [1.165, 1.54) is 6.92 Å². The fraction of sp³-hybridized carbons (Fsp3) is 0.324. The van der Waals surface area contributed by atoms with Crippen molar-refractivity contribution in [3.8, 4) is 5.75 Å². The molecule has 4 aromatic rings. The molecular formula is C34H36N2O7. The molecule has 43 heavy (non-hydrogen) atoms. The molecule has 0 aliphatic rings. The summed E-state index contributed by atoms with van der Waals surface area (Å²) in [7, 11) is 0. The number of hydrogen-bond donors (Lipinski definition) is 0. The highest BCUT2D eigenvalue weighted by Gasteiger charge is 2.20. The van der Waals surface area contributed by atoms with Gasteiger partial charge in [-0.05, 0) is 86.8 Å². The fourth-order valence-electron chi connectivity index (χ4n) is 4.91. The molecule has 9 nitrogen and oxygen atoms in total. The molecular weight excluding hydrogens is 548 g/mol. The molecule has 4 rings (SSSR count). The van der Waals surface area contributed by atoms with Crippen molar-refractivity contribution in [3.63, 3.8) is 0 Å². The minimum absolute atomic E-state index is 0.196. The van der Waals surface area contributed by atoms with Gasteiger partial charge in [0.2, 0.25) is 5.78 Å². The Kier molecular flexibility index (Phi) is 10.4. The summed E-state index contributed by atoms with van der Waals surface area (Å²) in [6.45, 7) is 8.20. The molecule has 0 amide bonds. The van der Waals surface area contributed by atoms with Crippen molar-refractivity contribution in [2.24, 2.45) is 5.16 Å². The third-order valence-electron chi connectivity index (χ3n) is 7.01. The third kappa shape index (κ3) is 7.35. The number of ether oxygens (including phenoxy) is 2. The molecule has 0 unspecified atom stereocenters. The monoisotopic (exact) mass is 584 g/mol. The van der Waals surface area contributed by atoms with E-state index in [-0.39, 0.29) is 29.6 Å². The number of aryl methyl sites for hydroxylation is 1. The zero-order valence-electron chi connectivity index (χ0n) is 25.0. The molecule has 0 N–H and O–H groups in total. The first-order valence-corrected chi connectivity index (χ1v) is 14.6. The van der Waals surface area contributed by atoms with Crippen LogP contribution in [0.25, 0.3) is 21.8 Å². The summed E-state index contributed by atoms with van der Waals surface area (Å²) in [4.78, 5) is 54.9. The van der Waals surface area contributed by atoms with Gasteiger partial charge in [0.1, 0.15) is 11.5 Å². The summed E-state index contributed by atoms with van der Waals surface area (Å²) in [5.41, 5.74) is 3.40. The van der Waals surface area contributed by atoms with E-state index in [1.54, 1.807) is 36.4 Å². The third-order valence-corrected chi connectivity index (χ3v) is 7.01. The largest absolute Gasteiger partial charge is 0.513 e. The van der Waals surface area contributed by atoms with E-state index >= 15 is 0 Å². The van der Waals surface area contributed by atoms with Gasteiger partial charge >= 0.3 is 12.1 Å². The maximum Gasteiger partial charge on any atom is 0.513 e.